The number of benzene rings is 2. The van der Waals surface area contributed by atoms with Gasteiger partial charge in [0.1, 0.15) is 5.75 Å². The zero-order valence-electron chi connectivity index (χ0n) is 14.4. The molecule has 0 bridgehead atoms. The van der Waals surface area contributed by atoms with Crippen molar-refractivity contribution in [1.29, 1.82) is 0 Å². The molecule has 134 valence electrons. The molecule has 7 heteroatoms. The largest absolute Gasteiger partial charge is 0.423 e. The first-order chi connectivity index (χ1) is 12.5. The monoisotopic (exact) mass is 353 g/mol. The van der Waals surface area contributed by atoms with Crippen molar-refractivity contribution in [2.45, 2.75) is 19.9 Å². The molecule has 26 heavy (non-hydrogen) atoms. The van der Waals surface area contributed by atoms with Gasteiger partial charge in [-0.15, -0.1) is 0 Å². The molecule has 0 aliphatic carbocycles. The van der Waals surface area contributed by atoms with E-state index in [1.165, 1.54) is 6.21 Å². The van der Waals surface area contributed by atoms with Crippen LogP contribution in [0, 0.1) is 0 Å². The van der Waals surface area contributed by atoms with E-state index in [1.807, 2.05) is 6.07 Å². The van der Waals surface area contributed by atoms with Gasteiger partial charge >= 0.3 is 17.8 Å². The van der Waals surface area contributed by atoms with Crippen LogP contribution in [0.5, 0.6) is 5.75 Å². The Bertz CT molecular complexity index is 799. The summed E-state index contributed by atoms with van der Waals surface area (Å²) in [7, 11) is 0. The topological polar surface area (TPSA) is 96.9 Å². The Kier molecular flexibility index (Phi) is 6.61. The SMILES string of the molecule is CC(C)NC(=O)C(=O)NN=Cc1ccc(OC(=O)c2ccccc2)cc1. The molecular weight excluding hydrogens is 334 g/mol. The molecule has 0 aromatic heterocycles. The lowest BCUT2D eigenvalue weighted by Gasteiger charge is -2.06. The van der Waals surface area contributed by atoms with E-state index in [1.54, 1.807) is 62.4 Å². The van der Waals surface area contributed by atoms with Crippen molar-refractivity contribution in [3.63, 3.8) is 0 Å². The molecule has 2 aromatic rings. The minimum Gasteiger partial charge on any atom is -0.423 e. The molecule has 7 nitrogen and oxygen atoms in total. The predicted molar refractivity (Wildman–Crippen MR) is 96.9 cm³/mol. The Hall–Kier alpha value is -3.48. The first-order valence-electron chi connectivity index (χ1n) is 7.97. The first-order valence-corrected chi connectivity index (χ1v) is 7.97. The summed E-state index contributed by atoms with van der Waals surface area (Å²) in [5.41, 5.74) is 3.26. The quantitative estimate of drug-likeness (QED) is 0.282. The molecule has 0 atom stereocenters. The minimum absolute atomic E-state index is 0.136. The third-order valence-corrected chi connectivity index (χ3v) is 3.11. The highest BCUT2D eigenvalue weighted by atomic mass is 16.5. The van der Waals surface area contributed by atoms with Crippen LogP contribution in [-0.2, 0) is 9.59 Å². The molecule has 0 saturated heterocycles. The number of hydrogen-bond acceptors (Lipinski definition) is 5. The standard InChI is InChI=1S/C19H19N3O4/c1-13(2)21-17(23)18(24)22-20-12-14-8-10-16(11-9-14)26-19(25)15-6-4-3-5-7-15/h3-13H,1-2H3,(H,21,23)(H,22,24). The van der Waals surface area contributed by atoms with Crippen LogP contribution in [0.15, 0.2) is 59.7 Å². The van der Waals surface area contributed by atoms with Crippen molar-refractivity contribution < 1.29 is 19.1 Å². The van der Waals surface area contributed by atoms with E-state index in [9.17, 15) is 14.4 Å². The van der Waals surface area contributed by atoms with E-state index in [2.05, 4.69) is 15.8 Å². The Morgan fingerprint density at radius 3 is 2.23 bits per heavy atom. The van der Waals surface area contributed by atoms with Crippen LogP contribution in [0.25, 0.3) is 0 Å². The van der Waals surface area contributed by atoms with E-state index >= 15 is 0 Å². The second-order valence-corrected chi connectivity index (χ2v) is 5.65. The zero-order valence-corrected chi connectivity index (χ0v) is 14.4. The number of ether oxygens (including phenoxy) is 1. The molecule has 0 unspecified atom stereocenters. The normalized spacial score (nSPS) is 10.6. The number of carbonyl (C=O) groups is 3. The predicted octanol–water partition coefficient (Wildman–Crippen LogP) is 1.88. The number of nitrogens with zero attached hydrogens (tertiary/aromatic N) is 1. The van der Waals surface area contributed by atoms with Crippen molar-refractivity contribution in [2.75, 3.05) is 0 Å². The third kappa shape index (κ3) is 5.86. The Morgan fingerprint density at radius 1 is 0.962 bits per heavy atom. The van der Waals surface area contributed by atoms with Gasteiger partial charge in [-0.05, 0) is 55.8 Å². The molecule has 2 aromatic carbocycles. The minimum atomic E-state index is -0.844. The van der Waals surface area contributed by atoms with Crippen molar-refractivity contribution in [1.82, 2.24) is 10.7 Å². The summed E-state index contributed by atoms with van der Waals surface area (Å²) in [5, 5.41) is 6.17. The lowest BCUT2D eigenvalue weighted by atomic mass is 10.2. The highest BCUT2D eigenvalue weighted by Crippen LogP contribution is 2.13. The molecule has 2 N–H and O–H groups in total. The van der Waals surface area contributed by atoms with E-state index in [4.69, 9.17) is 4.74 Å². The molecule has 0 saturated carbocycles. The highest BCUT2D eigenvalue weighted by molar-refractivity contribution is 6.35. The number of rotatable bonds is 5. The van der Waals surface area contributed by atoms with Crippen molar-refractivity contribution in [3.05, 3.63) is 65.7 Å². The lowest BCUT2D eigenvalue weighted by Crippen LogP contribution is -2.41. The van der Waals surface area contributed by atoms with Gasteiger partial charge in [0.2, 0.25) is 0 Å². The van der Waals surface area contributed by atoms with Gasteiger partial charge < -0.3 is 10.1 Å². The van der Waals surface area contributed by atoms with Gasteiger partial charge in [0.25, 0.3) is 0 Å². The number of nitrogens with one attached hydrogen (secondary N) is 2. The molecule has 0 radical (unpaired) electrons. The average Bonchev–Trinajstić information content (AvgIpc) is 2.63. The molecule has 2 amide bonds. The molecule has 0 spiro atoms. The number of hydrazone groups is 1. The molecular formula is C19H19N3O4. The first kappa shape index (κ1) is 18.9. The van der Waals surface area contributed by atoms with E-state index in [-0.39, 0.29) is 6.04 Å². The van der Waals surface area contributed by atoms with Crippen LogP contribution in [-0.4, -0.2) is 30.0 Å². The van der Waals surface area contributed by atoms with Gasteiger partial charge in [-0.25, -0.2) is 10.2 Å². The summed E-state index contributed by atoms with van der Waals surface area (Å²) in [6.07, 6.45) is 1.38. The number of carbonyl (C=O) groups excluding carboxylic acids is 3. The maximum atomic E-state index is 12.0. The summed E-state index contributed by atoms with van der Waals surface area (Å²) in [6.45, 7) is 3.50. The molecule has 2 rings (SSSR count). The Balaban J connectivity index is 1.88. The molecule has 0 fully saturated rings. The van der Waals surface area contributed by atoms with Crippen LogP contribution in [0.1, 0.15) is 29.8 Å². The summed E-state index contributed by atoms with van der Waals surface area (Å²) in [5.74, 6) is -1.66. The molecule has 0 aliphatic heterocycles. The van der Waals surface area contributed by atoms with E-state index in [0.29, 0.717) is 16.9 Å². The van der Waals surface area contributed by atoms with Crippen LogP contribution < -0.4 is 15.5 Å². The van der Waals surface area contributed by atoms with Crippen LogP contribution in [0.2, 0.25) is 0 Å². The van der Waals surface area contributed by atoms with Crippen LogP contribution in [0.4, 0.5) is 0 Å². The Morgan fingerprint density at radius 2 is 1.62 bits per heavy atom. The summed E-state index contributed by atoms with van der Waals surface area (Å²) < 4.78 is 5.26. The number of hydrogen-bond donors (Lipinski definition) is 2. The number of esters is 1. The van der Waals surface area contributed by atoms with Gasteiger partial charge in [-0.2, -0.15) is 5.10 Å². The van der Waals surface area contributed by atoms with Crippen LogP contribution in [0.3, 0.4) is 0 Å². The zero-order chi connectivity index (χ0) is 18.9. The maximum absolute atomic E-state index is 12.0. The molecule has 0 aliphatic rings. The lowest BCUT2D eigenvalue weighted by molar-refractivity contribution is -0.139. The fourth-order valence-corrected chi connectivity index (χ4v) is 1.91. The van der Waals surface area contributed by atoms with Gasteiger partial charge in [0, 0.05) is 6.04 Å². The van der Waals surface area contributed by atoms with Crippen molar-refractivity contribution >= 4 is 24.0 Å². The second kappa shape index (κ2) is 9.12. The molecule has 0 heterocycles. The van der Waals surface area contributed by atoms with Gasteiger partial charge in [0.15, 0.2) is 0 Å². The number of amides is 2. The second-order valence-electron chi connectivity index (χ2n) is 5.65. The summed E-state index contributed by atoms with van der Waals surface area (Å²) in [4.78, 5) is 34.9. The van der Waals surface area contributed by atoms with E-state index < -0.39 is 17.8 Å². The maximum Gasteiger partial charge on any atom is 0.343 e. The van der Waals surface area contributed by atoms with Crippen molar-refractivity contribution in [3.8, 4) is 5.75 Å². The van der Waals surface area contributed by atoms with E-state index in [0.717, 1.165) is 0 Å². The smallest absolute Gasteiger partial charge is 0.343 e. The van der Waals surface area contributed by atoms with Gasteiger partial charge in [0.05, 0.1) is 11.8 Å². The average molecular weight is 353 g/mol. The fourth-order valence-electron chi connectivity index (χ4n) is 1.91. The van der Waals surface area contributed by atoms with Gasteiger partial charge in [-0.3, -0.25) is 9.59 Å². The van der Waals surface area contributed by atoms with Crippen molar-refractivity contribution in [2.24, 2.45) is 5.10 Å². The third-order valence-electron chi connectivity index (χ3n) is 3.11. The summed E-state index contributed by atoms with van der Waals surface area (Å²) >= 11 is 0. The Labute approximate surface area is 151 Å². The van der Waals surface area contributed by atoms with Crippen LogP contribution >= 0.6 is 0 Å². The highest BCUT2D eigenvalue weighted by Gasteiger charge is 2.12. The summed E-state index contributed by atoms with van der Waals surface area (Å²) in [6, 6.07) is 15.1. The van der Waals surface area contributed by atoms with Gasteiger partial charge in [-0.1, -0.05) is 18.2 Å². The fraction of sp³-hybridized carbons (Fsp3) is 0.158.